The minimum absolute atomic E-state index is 0.137. The molecule has 1 unspecified atom stereocenters. The third-order valence-corrected chi connectivity index (χ3v) is 4.67. The van der Waals surface area contributed by atoms with E-state index in [2.05, 4.69) is 4.74 Å². The van der Waals surface area contributed by atoms with Crippen molar-refractivity contribution in [3.05, 3.63) is 57.0 Å². The van der Waals surface area contributed by atoms with Crippen molar-refractivity contribution in [2.45, 2.75) is 24.5 Å². The number of hydrogen-bond donors (Lipinski definition) is 0. The van der Waals surface area contributed by atoms with Crippen LogP contribution in [0.15, 0.2) is 36.4 Å². The molecule has 0 aliphatic heterocycles. The van der Waals surface area contributed by atoms with E-state index in [1.807, 2.05) is 0 Å². The summed E-state index contributed by atoms with van der Waals surface area (Å²) in [5, 5.41) is 0.938. The van der Waals surface area contributed by atoms with Crippen LogP contribution in [0.5, 0.6) is 11.5 Å². The molecule has 7 nitrogen and oxygen atoms in total. The quantitative estimate of drug-likeness (QED) is 0.186. The minimum atomic E-state index is -2.02. The van der Waals surface area contributed by atoms with E-state index in [9.17, 15) is 14.4 Å². The molecule has 2 aromatic rings. The maximum atomic E-state index is 12.4. The van der Waals surface area contributed by atoms with Gasteiger partial charge >= 0.3 is 24.2 Å². The average molecular weight is 545 g/mol. The number of hydrogen-bond acceptors (Lipinski definition) is 7. The Labute approximate surface area is 208 Å². The first-order valence-electron chi connectivity index (χ1n) is 8.71. The minimum Gasteiger partial charge on any atom is -0.480 e. The Hall–Kier alpha value is -1.90. The van der Waals surface area contributed by atoms with Crippen molar-refractivity contribution in [1.82, 2.24) is 0 Å². The Morgan fingerprint density at radius 2 is 1.56 bits per heavy atom. The number of aryl methyl sites for hydroxylation is 1. The molecule has 0 heterocycles. The second-order valence-corrected chi connectivity index (χ2v) is 9.30. The van der Waals surface area contributed by atoms with Gasteiger partial charge in [0.25, 0.3) is 0 Å². The number of esters is 3. The van der Waals surface area contributed by atoms with E-state index < -0.39 is 35.1 Å². The molecule has 32 heavy (non-hydrogen) atoms. The van der Waals surface area contributed by atoms with Crippen molar-refractivity contribution in [3.8, 4) is 11.5 Å². The highest BCUT2D eigenvalue weighted by Gasteiger charge is 2.36. The topological polar surface area (TPSA) is 88.1 Å². The lowest BCUT2D eigenvalue weighted by Gasteiger charge is -2.20. The lowest BCUT2D eigenvalue weighted by molar-refractivity contribution is -0.190. The second kappa shape index (κ2) is 11.3. The van der Waals surface area contributed by atoms with E-state index in [-0.39, 0.29) is 16.5 Å². The van der Waals surface area contributed by atoms with Crippen LogP contribution in [0.25, 0.3) is 0 Å². The molecule has 0 amide bonds. The molecule has 0 N–H and O–H groups in total. The van der Waals surface area contributed by atoms with Gasteiger partial charge in [0.1, 0.15) is 11.5 Å². The fourth-order valence-corrected chi connectivity index (χ4v) is 2.86. The van der Waals surface area contributed by atoms with Crippen LogP contribution in [-0.4, -0.2) is 35.1 Å². The number of rotatable bonds is 8. The van der Waals surface area contributed by atoms with Crippen molar-refractivity contribution < 1.29 is 33.3 Å². The van der Waals surface area contributed by atoms with Gasteiger partial charge in [-0.25, -0.2) is 14.4 Å². The summed E-state index contributed by atoms with van der Waals surface area (Å²) >= 11 is 28.9. The van der Waals surface area contributed by atoms with Crippen LogP contribution < -0.4 is 9.47 Å². The average Bonchev–Trinajstić information content (AvgIpc) is 2.67. The third-order valence-electron chi connectivity index (χ3n) is 3.59. The summed E-state index contributed by atoms with van der Waals surface area (Å²) in [5.41, 5.74) is 0.515. The first kappa shape index (κ1) is 26.4. The van der Waals surface area contributed by atoms with Crippen LogP contribution >= 0.6 is 58.0 Å². The monoisotopic (exact) mass is 542 g/mol. The largest absolute Gasteiger partial charge is 0.480 e. The second-order valence-electron chi connectivity index (χ2n) is 6.31. The Bertz CT molecular complexity index is 1020. The van der Waals surface area contributed by atoms with Gasteiger partial charge in [0, 0.05) is 10.0 Å². The normalized spacial score (nSPS) is 12.0. The van der Waals surface area contributed by atoms with Gasteiger partial charge in [-0.3, -0.25) is 0 Å². The van der Waals surface area contributed by atoms with E-state index in [1.165, 1.54) is 30.3 Å². The van der Waals surface area contributed by atoms with E-state index in [0.29, 0.717) is 15.6 Å². The first-order chi connectivity index (χ1) is 14.9. The molecule has 0 spiro atoms. The zero-order valence-corrected chi connectivity index (χ0v) is 20.3. The van der Waals surface area contributed by atoms with Crippen molar-refractivity contribution in [3.63, 3.8) is 0 Å². The third kappa shape index (κ3) is 7.90. The maximum absolute atomic E-state index is 12.4. The van der Waals surface area contributed by atoms with Gasteiger partial charge in [-0.1, -0.05) is 58.0 Å². The summed E-state index contributed by atoms with van der Waals surface area (Å²) in [6, 6.07) is 8.83. The number of ether oxygens (including phenoxy) is 4. The number of carbonyl (C=O) groups is 3. The van der Waals surface area contributed by atoms with Gasteiger partial charge < -0.3 is 18.9 Å². The molecule has 2 rings (SSSR count). The molecule has 172 valence electrons. The van der Waals surface area contributed by atoms with E-state index in [0.717, 1.165) is 6.92 Å². The van der Waals surface area contributed by atoms with Gasteiger partial charge in [-0.15, -0.1) is 0 Å². The van der Waals surface area contributed by atoms with E-state index in [4.69, 9.17) is 72.2 Å². The van der Waals surface area contributed by atoms with Crippen LogP contribution in [-0.2, 0) is 23.9 Å². The molecule has 0 aromatic heterocycles. The first-order valence-corrected chi connectivity index (χ1v) is 10.6. The van der Waals surface area contributed by atoms with Gasteiger partial charge in [0.2, 0.25) is 4.33 Å². The Balaban J connectivity index is 2.14. The fraction of sp³-hybridized carbons (Fsp3) is 0.250. The SMILES string of the molecule is Cc1cc(Cl)ccc1OC(OC(=O)COc1ccc(Cl)cc1Cl)C(=O)OC(=O)C(C)(Cl)Cl. The van der Waals surface area contributed by atoms with Gasteiger partial charge in [0.15, 0.2) is 6.61 Å². The lowest BCUT2D eigenvalue weighted by Crippen LogP contribution is -2.39. The zero-order valence-electron chi connectivity index (χ0n) is 16.5. The van der Waals surface area contributed by atoms with Crippen LogP contribution in [0, 0.1) is 6.92 Å². The molecule has 0 aliphatic rings. The molecule has 12 heteroatoms. The summed E-state index contributed by atoms with van der Waals surface area (Å²) in [7, 11) is 0. The van der Waals surface area contributed by atoms with Crippen molar-refractivity contribution in [2.24, 2.45) is 0 Å². The van der Waals surface area contributed by atoms with Crippen molar-refractivity contribution in [2.75, 3.05) is 6.61 Å². The molecular weight excluding hydrogens is 529 g/mol. The van der Waals surface area contributed by atoms with Crippen molar-refractivity contribution >= 4 is 75.9 Å². The summed E-state index contributed by atoms with van der Waals surface area (Å²) in [6.45, 7) is 2.09. The van der Waals surface area contributed by atoms with Crippen molar-refractivity contribution in [1.29, 1.82) is 0 Å². The summed E-state index contributed by atoms with van der Waals surface area (Å²) < 4.78 is 18.2. The smallest absolute Gasteiger partial charge is 0.397 e. The summed E-state index contributed by atoms with van der Waals surface area (Å²) in [5.74, 6) is -3.39. The summed E-state index contributed by atoms with van der Waals surface area (Å²) in [6.07, 6.45) is -1.98. The van der Waals surface area contributed by atoms with Gasteiger partial charge in [0.05, 0.1) is 5.02 Å². The number of carbonyl (C=O) groups excluding carboxylic acids is 3. The highest BCUT2D eigenvalue weighted by atomic mass is 35.5. The predicted molar refractivity (Wildman–Crippen MR) is 120 cm³/mol. The van der Waals surface area contributed by atoms with E-state index >= 15 is 0 Å². The number of benzene rings is 2. The lowest BCUT2D eigenvalue weighted by atomic mass is 10.2. The molecule has 0 fully saturated rings. The van der Waals surface area contributed by atoms with Gasteiger partial charge in [-0.05, 0) is 55.8 Å². The molecule has 0 radical (unpaired) electrons. The number of alkyl halides is 2. The standard InChI is InChI=1S/C20H15Cl5O7/c1-10-7-11(21)3-5-14(10)30-18(17(27)32-19(28)20(2,24)25)31-16(26)9-29-15-6-4-12(22)8-13(15)23/h3-8,18H,9H2,1-2H3. The molecule has 0 bridgehead atoms. The Kier molecular flexibility index (Phi) is 9.30. The molecule has 2 aromatic carbocycles. The highest BCUT2D eigenvalue weighted by Crippen LogP contribution is 2.28. The molecule has 0 aliphatic carbocycles. The maximum Gasteiger partial charge on any atom is 0.397 e. The highest BCUT2D eigenvalue weighted by molar-refractivity contribution is 6.57. The molecular formula is C20H15Cl5O7. The molecule has 1 atom stereocenters. The van der Waals surface area contributed by atoms with Crippen LogP contribution in [0.3, 0.4) is 0 Å². The Morgan fingerprint density at radius 3 is 2.12 bits per heavy atom. The fourth-order valence-electron chi connectivity index (χ4n) is 2.09. The van der Waals surface area contributed by atoms with Gasteiger partial charge in [-0.2, -0.15) is 0 Å². The van der Waals surface area contributed by atoms with Crippen LogP contribution in [0.2, 0.25) is 15.1 Å². The predicted octanol–water partition coefficient (Wildman–Crippen LogP) is 5.55. The molecule has 0 saturated carbocycles. The van der Waals surface area contributed by atoms with Crippen LogP contribution in [0.1, 0.15) is 12.5 Å². The van der Waals surface area contributed by atoms with E-state index in [1.54, 1.807) is 13.0 Å². The number of halogens is 5. The summed E-state index contributed by atoms with van der Waals surface area (Å²) in [4.78, 5) is 36.5. The van der Waals surface area contributed by atoms with Crippen LogP contribution in [0.4, 0.5) is 0 Å². The Morgan fingerprint density at radius 1 is 0.969 bits per heavy atom. The zero-order chi connectivity index (χ0) is 24.1. The molecule has 0 saturated heterocycles.